The quantitative estimate of drug-likeness (QED) is 0.0244. The summed E-state index contributed by atoms with van der Waals surface area (Å²) in [5.74, 6) is -1.12. The monoisotopic (exact) mass is 686 g/mol. The highest BCUT2D eigenvalue weighted by Crippen LogP contribution is 2.36. The van der Waals surface area contributed by atoms with E-state index in [2.05, 4.69) is 18.4 Å². The first kappa shape index (κ1) is 44.9. The molecule has 0 aromatic carbocycles. The van der Waals surface area contributed by atoms with E-state index < -0.39 is 44.7 Å². The van der Waals surface area contributed by atoms with Gasteiger partial charge in [-0.3, -0.25) is 14.1 Å². The zero-order chi connectivity index (χ0) is 35.0. The molecule has 0 radical (unpaired) electrons. The molecule has 0 amide bonds. The Morgan fingerprint density at radius 2 is 1.13 bits per heavy atom. The third-order valence-corrected chi connectivity index (χ3v) is 7.79. The number of carbonyl (C=O) groups excluding carboxylic acids is 2. The van der Waals surface area contributed by atoms with Crippen molar-refractivity contribution in [3.8, 4) is 0 Å². The highest BCUT2D eigenvalue weighted by molar-refractivity contribution is 7.46. The number of unbranched alkanes of at least 4 members (excludes halogenated alkanes) is 11. The molecular weight excluding hydrogens is 623 g/mol. The standard InChI is InChI=1S/C36H63O10P/c1-3-5-7-8-9-10-11-15-18-22-28-36(40)46-34(31-45-47(41,42)43)30-44-35(39)29-23-27-33(38)26-21-17-14-12-13-16-20-25-32(37)24-19-6-4-2/h13-14,16-17,20-21,25-26,32-34,37-38H,3-12,15,18-19,22-24,27-31H2,1-2H3,(H2,41,42,43)/b16-13-,17-14-,25-20+,26-21+/t32-,33-,34+/m0/s1. The van der Waals surface area contributed by atoms with E-state index in [0.29, 0.717) is 25.7 Å². The van der Waals surface area contributed by atoms with E-state index in [1.165, 1.54) is 38.5 Å². The van der Waals surface area contributed by atoms with Gasteiger partial charge in [0.15, 0.2) is 6.10 Å². The molecule has 10 nitrogen and oxygen atoms in total. The Morgan fingerprint density at radius 1 is 0.638 bits per heavy atom. The number of carbonyl (C=O) groups is 2. The van der Waals surface area contributed by atoms with Gasteiger partial charge in [0, 0.05) is 12.8 Å². The molecule has 11 heteroatoms. The Bertz CT molecular complexity index is 940. The molecule has 0 fully saturated rings. The van der Waals surface area contributed by atoms with Gasteiger partial charge in [-0.25, -0.2) is 4.57 Å². The van der Waals surface area contributed by atoms with Crippen molar-refractivity contribution in [1.82, 2.24) is 0 Å². The summed E-state index contributed by atoms with van der Waals surface area (Å²) in [6.45, 7) is 3.34. The smallest absolute Gasteiger partial charge is 0.462 e. The zero-order valence-corrected chi connectivity index (χ0v) is 29.8. The first-order valence-electron chi connectivity index (χ1n) is 17.6. The lowest BCUT2D eigenvalue weighted by atomic mass is 10.1. The van der Waals surface area contributed by atoms with Crippen molar-refractivity contribution in [1.29, 1.82) is 0 Å². The molecule has 0 bridgehead atoms. The maximum absolute atomic E-state index is 12.3. The summed E-state index contributed by atoms with van der Waals surface area (Å²) in [5.41, 5.74) is 0. The number of ether oxygens (including phenoxy) is 2. The Hall–Kier alpha value is -2.07. The molecule has 0 aromatic rings. The Labute approximate surface area is 283 Å². The first-order valence-corrected chi connectivity index (χ1v) is 19.2. The van der Waals surface area contributed by atoms with E-state index in [-0.39, 0.29) is 19.4 Å². The van der Waals surface area contributed by atoms with E-state index in [4.69, 9.17) is 19.3 Å². The lowest BCUT2D eigenvalue weighted by molar-refractivity contribution is -0.161. The van der Waals surface area contributed by atoms with Crippen molar-refractivity contribution in [3.63, 3.8) is 0 Å². The van der Waals surface area contributed by atoms with Gasteiger partial charge in [0.05, 0.1) is 18.8 Å². The second-order valence-corrected chi connectivity index (χ2v) is 13.1. The summed E-state index contributed by atoms with van der Waals surface area (Å²) < 4.78 is 26.1. The number of esters is 2. The molecule has 0 rings (SSSR count). The highest BCUT2D eigenvalue weighted by Gasteiger charge is 2.23. The summed E-state index contributed by atoms with van der Waals surface area (Å²) in [6, 6.07) is 0. The summed E-state index contributed by atoms with van der Waals surface area (Å²) >= 11 is 0. The normalized spacial score (nSPS) is 14.4. The van der Waals surface area contributed by atoms with Gasteiger partial charge in [-0.2, -0.15) is 0 Å². The number of phosphoric acid groups is 1. The molecule has 0 saturated carbocycles. The second-order valence-electron chi connectivity index (χ2n) is 11.9. The van der Waals surface area contributed by atoms with Crippen LogP contribution >= 0.6 is 7.82 Å². The van der Waals surface area contributed by atoms with Gasteiger partial charge in [0.1, 0.15) is 6.61 Å². The summed E-state index contributed by atoms with van der Waals surface area (Å²) in [6.07, 6.45) is 29.2. The topological polar surface area (TPSA) is 160 Å². The van der Waals surface area contributed by atoms with Crippen molar-refractivity contribution in [2.45, 2.75) is 154 Å². The van der Waals surface area contributed by atoms with Crippen LogP contribution in [0.2, 0.25) is 0 Å². The molecule has 0 unspecified atom stereocenters. The maximum Gasteiger partial charge on any atom is 0.469 e. The summed E-state index contributed by atoms with van der Waals surface area (Å²) in [7, 11) is -4.80. The van der Waals surface area contributed by atoms with Crippen molar-refractivity contribution in [2.24, 2.45) is 0 Å². The predicted molar refractivity (Wildman–Crippen MR) is 186 cm³/mol. The fourth-order valence-corrected chi connectivity index (χ4v) is 4.95. The van der Waals surface area contributed by atoms with Crippen LogP contribution in [0, 0.1) is 0 Å². The number of hydrogen-bond acceptors (Lipinski definition) is 8. The van der Waals surface area contributed by atoms with Gasteiger partial charge < -0.3 is 29.5 Å². The van der Waals surface area contributed by atoms with Crippen LogP contribution in [0.4, 0.5) is 0 Å². The van der Waals surface area contributed by atoms with Crippen molar-refractivity contribution < 1.29 is 48.2 Å². The van der Waals surface area contributed by atoms with Gasteiger partial charge in [-0.1, -0.05) is 140 Å². The van der Waals surface area contributed by atoms with Crippen molar-refractivity contribution in [3.05, 3.63) is 48.6 Å². The zero-order valence-electron chi connectivity index (χ0n) is 28.9. The van der Waals surface area contributed by atoms with E-state index >= 15 is 0 Å². The van der Waals surface area contributed by atoms with Crippen LogP contribution in [-0.4, -0.2) is 63.5 Å². The van der Waals surface area contributed by atoms with Gasteiger partial charge >= 0.3 is 19.8 Å². The molecular formula is C36H63O10P. The lowest BCUT2D eigenvalue weighted by Crippen LogP contribution is -2.29. The van der Waals surface area contributed by atoms with Crippen LogP contribution in [-0.2, 0) is 28.2 Å². The summed E-state index contributed by atoms with van der Waals surface area (Å²) in [4.78, 5) is 42.5. The summed E-state index contributed by atoms with van der Waals surface area (Å²) in [5, 5.41) is 20.0. The average molecular weight is 687 g/mol. The van der Waals surface area contributed by atoms with Crippen LogP contribution in [0.1, 0.15) is 136 Å². The number of allylic oxidation sites excluding steroid dienone is 6. The Balaban J connectivity index is 4.27. The second kappa shape index (κ2) is 31.2. The third kappa shape index (κ3) is 33.6. The van der Waals surface area contributed by atoms with E-state index in [9.17, 15) is 24.4 Å². The van der Waals surface area contributed by atoms with Gasteiger partial charge in [0.2, 0.25) is 0 Å². The number of aliphatic hydroxyl groups is 2. The lowest BCUT2D eigenvalue weighted by Gasteiger charge is -2.18. The predicted octanol–water partition coefficient (Wildman–Crippen LogP) is 7.95. The molecule has 0 aliphatic heterocycles. The number of hydrogen-bond donors (Lipinski definition) is 4. The SMILES string of the molecule is CCCCCCCCCCCCC(=O)O[C@H](COC(=O)CCC[C@@H](O)/C=C/C=C\C/C=C\C=C\[C@@H](O)CCCCC)COP(=O)(O)O. The minimum atomic E-state index is -4.80. The van der Waals surface area contributed by atoms with Gasteiger partial charge in [-0.05, 0) is 32.1 Å². The molecule has 272 valence electrons. The molecule has 0 aliphatic rings. The van der Waals surface area contributed by atoms with Crippen LogP contribution in [0.5, 0.6) is 0 Å². The Kier molecular flexibility index (Phi) is 29.8. The number of phosphoric ester groups is 1. The fraction of sp³-hybridized carbons (Fsp3) is 0.722. The van der Waals surface area contributed by atoms with Crippen LogP contribution < -0.4 is 0 Å². The van der Waals surface area contributed by atoms with Crippen molar-refractivity contribution >= 4 is 19.8 Å². The molecule has 47 heavy (non-hydrogen) atoms. The molecule has 0 heterocycles. The molecule has 0 spiro atoms. The van der Waals surface area contributed by atoms with Gasteiger partial charge in [-0.15, -0.1) is 0 Å². The van der Waals surface area contributed by atoms with E-state index in [1.54, 1.807) is 18.2 Å². The molecule has 0 saturated heterocycles. The molecule has 0 aromatic heterocycles. The Morgan fingerprint density at radius 3 is 1.68 bits per heavy atom. The highest BCUT2D eigenvalue weighted by atomic mass is 31.2. The maximum atomic E-state index is 12.3. The third-order valence-electron chi connectivity index (χ3n) is 7.31. The van der Waals surface area contributed by atoms with Gasteiger partial charge in [0.25, 0.3) is 0 Å². The van der Waals surface area contributed by atoms with E-state index in [0.717, 1.165) is 44.9 Å². The number of rotatable bonds is 31. The molecule has 3 atom stereocenters. The van der Waals surface area contributed by atoms with Crippen LogP contribution in [0.25, 0.3) is 0 Å². The van der Waals surface area contributed by atoms with Crippen LogP contribution in [0.3, 0.4) is 0 Å². The largest absolute Gasteiger partial charge is 0.469 e. The molecule has 0 aliphatic carbocycles. The first-order chi connectivity index (χ1) is 22.6. The van der Waals surface area contributed by atoms with Crippen molar-refractivity contribution in [2.75, 3.05) is 13.2 Å². The number of aliphatic hydroxyl groups excluding tert-OH is 2. The molecule has 4 N–H and O–H groups in total. The van der Waals surface area contributed by atoms with E-state index in [1.807, 2.05) is 30.4 Å². The average Bonchev–Trinajstić information content (AvgIpc) is 3.02. The minimum Gasteiger partial charge on any atom is -0.462 e. The van der Waals surface area contributed by atoms with Crippen LogP contribution in [0.15, 0.2) is 48.6 Å². The fourth-order valence-electron chi connectivity index (χ4n) is 4.59. The minimum absolute atomic E-state index is 0.0188.